The molecular weight excluding hydrogens is 1180 g/mol. The maximum Gasteiger partial charge on any atom is 0.208 e. The molecule has 0 saturated heterocycles. The molecule has 0 amide bonds. The Hall–Kier alpha value is -0.360. The summed E-state index contributed by atoms with van der Waals surface area (Å²) < 4.78 is 51.4. The fourth-order valence-electron chi connectivity index (χ4n) is 7.78. The lowest BCUT2D eigenvalue weighted by Crippen LogP contribution is -2.08. The molecule has 0 atom stereocenters. The highest BCUT2D eigenvalue weighted by atomic mass is 32.2. The van der Waals surface area contributed by atoms with E-state index in [2.05, 4.69) is 36.4 Å². The van der Waals surface area contributed by atoms with Crippen LogP contribution in [0.1, 0.15) is 0 Å². The third-order valence-electron chi connectivity index (χ3n) is 10.6. The van der Waals surface area contributed by atoms with Gasteiger partial charge in [-0.25, -0.2) is 0 Å². The van der Waals surface area contributed by atoms with Crippen LogP contribution in [0.5, 0.6) is 0 Å². The van der Waals surface area contributed by atoms with Crippen molar-refractivity contribution in [3.8, 4) is 29.3 Å². The van der Waals surface area contributed by atoms with Gasteiger partial charge in [0.25, 0.3) is 0 Å². The van der Waals surface area contributed by atoms with E-state index in [-0.39, 0.29) is 0 Å². The quantitative estimate of drug-likeness (QED) is 0.169. The molecule has 66 heavy (non-hydrogen) atoms. The third kappa shape index (κ3) is 7.02. The first-order valence-corrected chi connectivity index (χ1v) is 34.5. The molecule has 330 valence electrons. The van der Waals surface area contributed by atoms with E-state index in [1.807, 2.05) is 139 Å². The monoisotopic (exact) mass is 1190 g/mol. The fraction of sp³-hybridized carbons (Fsp3) is 0.143. The molecular formula is C42H18O6S18. The molecule has 0 unspecified atom stereocenters. The van der Waals surface area contributed by atoms with Gasteiger partial charge in [-0.3, -0.25) is 0 Å². The van der Waals surface area contributed by atoms with E-state index < -0.39 is 0 Å². The normalized spacial score (nSPS) is 20.9. The lowest BCUT2D eigenvalue weighted by Gasteiger charge is -2.13. The molecule has 0 spiro atoms. The molecule has 6 aromatic heterocycles. The third-order valence-corrected chi connectivity index (χ3v) is 35.1. The van der Waals surface area contributed by atoms with Crippen LogP contribution in [-0.4, -0.2) is 39.6 Å². The largest absolute Gasteiger partial charge is 0.480 e. The summed E-state index contributed by atoms with van der Waals surface area (Å²) in [4.78, 5) is 12.1. The van der Waals surface area contributed by atoms with Gasteiger partial charge in [-0.15, -0.1) is 68.0 Å². The van der Waals surface area contributed by atoms with Gasteiger partial charge in [0.2, 0.25) is 30.5 Å². The van der Waals surface area contributed by atoms with Crippen LogP contribution in [0, 0.1) is 0 Å². The van der Waals surface area contributed by atoms with E-state index >= 15 is 0 Å². The minimum absolute atomic E-state index is 0.623. The summed E-state index contributed by atoms with van der Waals surface area (Å²) in [7, 11) is 0. The van der Waals surface area contributed by atoms with Crippen molar-refractivity contribution in [2.75, 3.05) is 39.6 Å². The number of hydrogen-bond acceptors (Lipinski definition) is 24. The van der Waals surface area contributed by atoms with Crippen LogP contribution in [0.25, 0.3) is 59.5 Å². The van der Waals surface area contributed by atoms with E-state index in [0.29, 0.717) is 39.6 Å². The molecule has 0 aliphatic carbocycles. The number of ether oxygens (including phenoxy) is 6. The van der Waals surface area contributed by atoms with E-state index in [9.17, 15) is 0 Å². The van der Waals surface area contributed by atoms with Gasteiger partial charge in [0, 0.05) is 74.2 Å². The first-order valence-electron chi connectivity index (χ1n) is 19.8. The molecule has 6 nitrogen and oxygen atoms in total. The second-order valence-electron chi connectivity index (χ2n) is 14.6. The molecule has 0 saturated carbocycles. The maximum absolute atomic E-state index is 5.89. The Kier molecular flexibility index (Phi) is 10.6. The lowest BCUT2D eigenvalue weighted by atomic mass is 10.1. The Morgan fingerprint density at radius 2 is 0.500 bits per heavy atom. The van der Waals surface area contributed by atoms with Crippen molar-refractivity contribution >= 4 is 239 Å². The molecule has 0 N–H and O–H groups in total. The summed E-state index contributed by atoms with van der Waals surface area (Å²) in [5, 5.41) is 9.62. The van der Waals surface area contributed by atoms with Crippen molar-refractivity contribution in [1.82, 2.24) is 0 Å². The van der Waals surface area contributed by atoms with Crippen LogP contribution in [0.4, 0.5) is 0 Å². The number of rotatable bonds is 3. The number of benzene rings is 1. The summed E-state index contributed by atoms with van der Waals surface area (Å²) >= 11 is 33.3. The highest BCUT2D eigenvalue weighted by Crippen LogP contribution is 2.67. The first-order chi connectivity index (χ1) is 32.5. The highest BCUT2D eigenvalue weighted by Gasteiger charge is 2.37. The van der Waals surface area contributed by atoms with Crippen molar-refractivity contribution in [1.29, 1.82) is 0 Å². The summed E-state index contributed by atoms with van der Waals surface area (Å²) in [6.45, 7) is 3.74. The zero-order valence-corrected chi connectivity index (χ0v) is 47.2. The Balaban J connectivity index is 0.753. The van der Waals surface area contributed by atoms with Crippen LogP contribution in [0.15, 0.2) is 120 Å². The summed E-state index contributed by atoms with van der Waals surface area (Å²) in [5.41, 5.74) is 0. The fourth-order valence-corrected chi connectivity index (χ4v) is 32.1. The molecule has 15 heterocycles. The Morgan fingerprint density at radius 1 is 0.258 bits per heavy atom. The van der Waals surface area contributed by atoms with Crippen LogP contribution < -0.4 is 0 Å². The molecule has 1 aromatic carbocycles. The van der Waals surface area contributed by atoms with Gasteiger partial charge >= 0.3 is 0 Å². The van der Waals surface area contributed by atoms with E-state index in [4.69, 9.17) is 28.4 Å². The molecule has 16 rings (SSSR count). The van der Waals surface area contributed by atoms with Crippen LogP contribution in [0.3, 0.4) is 0 Å². The Bertz CT molecular complexity index is 2980. The predicted octanol–water partition coefficient (Wildman–Crippen LogP) is 19.4. The zero-order valence-electron chi connectivity index (χ0n) is 32.5. The number of thiophene rings is 6. The minimum atomic E-state index is 0.623. The highest BCUT2D eigenvalue weighted by molar-refractivity contribution is 8.34. The van der Waals surface area contributed by atoms with Gasteiger partial charge in [0.1, 0.15) is 39.6 Å². The topological polar surface area (TPSA) is 55.4 Å². The van der Waals surface area contributed by atoms with Gasteiger partial charge in [-0.2, -0.15) is 0 Å². The SMILES string of the molecule is c1c(-c2cc3c(s2)c2cc(-c4cc5c(s4)SC(=C4SC6=C(OCCO6)S4)S5)sc2c2cc(-c4cc5c(s4)SC(=C4SC6=C(OCCO6)S4)S5)sc32)sc2c1SC(=C1SC3=C(OCCO3)S1)S2. The number of fused-ring (bicyclic) bond motifs is 9. The van der Waals surface area contributed by atoms with E-state index in [0.717, 1.165) is 30.5 Å². The van der Waals surface area contributed by atoms with Crippen molar-refractivity contribution in [3.05, 3.63) is 92.4 Å². The molecule has 24 heteroatoms. The Labute approximate surface area is 450 Å². The van der Waals surface area contributed by atoms with Crippen molar-refractivity contribution in [2.24, 2.45) is 0 Å². The van der Waals surface area contributed by atoms with Gasteiger partial charge < -0.3 is 28.4 Å². The number of hydrogen-bond donors (Lipinski definition) is 0. The van der Waals surface area contributed by atoms with E-state index in [1.54, 1.807) is 70.6 Å². The minimum Gasteiger partial charge on any atom is -0.480 e. The van der Waals surface area contributed by atoms with Crippen molar-refractivity contribution in [3.63, 3.8) is 0 Å². The van der Waals surface area contributed by atoms with E-state index in [1.165, 1.54) is 112 Å². The predicted molar refractivity (Wildman–Crippen MR) is 301 cm³/mol. The molecule has 7 aromatic rings. The van der Waals surface area contributed by atoms with Crippen molar-refractivity contribution in [2.45, 2.75) is 27.3 Å². The second-order valence-corrected chi connectivity index (χ2v) is 35.4. The first kappa shape index (κ1) is 42.2. The summed E-state index contributed by atoms with van der Waals surface area (Å²) in [6, 6.07) is 14.7. The molecule has 0 bridgehead atoms. The van der Waals surface area contributed by atoms with Crippen LogP contribution >= 0.6 is 209 Å². The zero-order chi connectivity index (χ0) is 42.8. The standard InChI is InChI=1S/C42H18O6S18/c1-2-44-29-28(43-1)58-40(59-29)37-55-22-10-19(52-34(22)64-37)16-7-13-25(49-16)14-8-17(20-11-23-35(53-20)65-38(56-23)41-60-30-31(61-41)46-4-3-45-30)51-27(14)15-9-18(50-26(13)15)21-12-24-36(54-21)66-39(57-24)42-62-32-33(63-42)48-6-5-47-32/h7-12H,1-6H2. The average Bonchev–Trinajstić information content (AvgIpc) is 4.13. The summed E-state index contributed by atoms with van der Waals surface area (Å²) in [5.74, 6) is 0. The molecule has 9 aliphatic heterocycles. The smallest absolute Gasteiger partial charge is 0.208 e. The van der Waals surface area contributed by atoms with Crippen molar-refractivity contribution < 1.29 is 28.4 Å². The molecule has 0 fully saturated rings. The number of thioether (sulfide) groups is 12. The second kappa shape index (κ2) is 16.6. The van der Waals surface area contributed by atoms with Crippen LogP contribution in [0.2, 0.25) is 0 Å². The molecule has 9 aliphatic rings. The average molecular weight is 1200 g/mol. The van der Waals surface area contributed by atoms with Gasteiger partial charge in [0.15, 0.2) is 0 Å². The molecule has 0 radical (unpaired) electrons. The van der Waals surface area contributed by atoms with Gasteiger partial charge in [-0.1, -0.05) is 70.6 Å². The van der Waals surface area contributed by atoms with Gasteiger partial charge in [0.05, 0.1) is 38.1 Å². The lowest BCUT2D eigenvalue weighted by molar-refractivity contribution is 0.0949. The van der Waals surface area contributed by atoms with Crippen LogP contribution in [-0.2, 0) is 28.4 Å². The summed E-state index contributed by atoms with van der Waals surface area (Å²) in [6.07, 6.45) is 0. The maximum atomic E-state index is 5.89. The van der Waals surface area contributed by atoms with Gasteiger partial charge in [-0.05, 0) is 107 Å². The Morgan fingerprint density at radius 3 is 0.758 bits per heavy atom.